The van der Waals surface area contributed by atoms with Gasteiger partial charge in [0.1, 0.15) is 12.2 Å². The number of nitrogens with zero attached hydrogens (tertiary/aromatic N) is 1. The summed E-state index contributed by atoms with van der Waals surface area (Å²) < 4.78 is 43.6. The Balaban J connectivity index is 1.21. The number of carbonyl (C=O) groups excluding carboxylic acids is 2. The average molecular weight is 702 g/mol. The Morgan fingerprint density at radius 3 is 2.38 bits per heavy atom. The van der Waals surface area contributed by atoms with E-state index in [1.165, 1.54) is 0 Å². The van der Waals surface area contributed by atoms with Gasteiger partial charge in [-0.1, -0.05) is 32.1 Å². The summed E-state index contributed by atoms with van der Waals surface area (Å²) in [6, 6.07) is 0.345. The molecule has 6 aliphatic rings. The molecule has 10 nitrogen and oxygen atoms in total. The second kappa shape index (κ2) is 16.6. The predicted molar refractivity (Wildman–Crippen MR) is 188 cm³/mol. The Bertz CT molecular complexity index is 1240. The minimum absolute atomic E-state index is 0.00322. The average Bonchev–Trinajstić information content (AvgIpc) is 3.66. The van der Waals surface area contributed by atoms with E-state index in [-0.39, 0.29) is 90.9 Å². The van der Waals surface area contributed by atoms with Crippen LogP contribution in [0.25, 0.3) is 0 Å². The maximum atomic E-state index is 14.6. The molecule has 1 saturated carbocycles. The number of carbonyl (C=O) groups is 2. The van der Waals surface area contributed by atoms with Crippen LogP contribution in [0.5, 0.6) is 0 Å². The second-order valence-corrected chi connectivity index (χ2v) is 16.2. The molecule has 0 unspecified atom stereocenters. The van der Waals surface area contributed by atoms with Crippen molar-refractivity contribution in [1.29, 1.82) is 0 Å². The summed E-state index contributed by atoms with van der Waals surface area (Å²) in [5.41, 5.74) is 0.777. The van der Waals surface area contributed by atoms with E-state index in [1.54, 1.807) is 14.2 Å². The third-order valence-corrected chi connectivity index (χ3v) is 12.8. The first-order valence-electron chi connectivity index (χ1n) is 19.5. The van der Waals surface area contributed by atoms with Gasteiger partial charge in [0.05, 0.1) is 36.9 Å². The molecule has 3 aliphatic carbocycles. The van der Waals surface area contributed by atoms with Gasteiger partial charge in [0, 0.05) is 38.5 Å². The monoisotopic (exact) mass is 701 g/mol. The number of hydrogen-bond acceptors (Lipinski definition) is 10. The normalized spacial score (nSPS) is 45.6. The summed E-state index contributed by atoms with van der Waals surface area (Å²) in [6.45, 7) is 8.25. The Morgan fingerprint density at radius 1 is 0.880 bits per heavy atom. The Kier molecular flexibility index (Phi) is 12.6. The summed E-state index contributed by atoms with van der Waals surface area (Å²) in [4.78, 5) is 30.3. The molecule has 50 heavy (non-hydrogen) atoms. The molecule has 6 rings (SSSR count). The molecule has 282 valence electrons. The zero-order chi connectivity index (χ0) is 35.7. The number of rotatable bonds is 8. The molecule has 0 spiro atoms. The number of Topliss-reactive ketones (excluding diaryl/α,β-unsaturated/α-hetero) is 1. The van der Waals surface area contributed by atoms with Crippen LogP contribution in [0, 0.1) is 35.5 Å². The molecule has 4 fully saturated rings. The van der Waals surface area contributed by atoms with Crippen LogP contribution in [0.4, 0.5) is 0 Å². The van der Waals surface area contributed by atoms with E-state index < -0.39 is 6.29 Å². The highest BCUT2D eigenvalue weighted by Crippen LogP contribution is 2.54. The SMILES string of the molecule is CC[C@H]1CCC[C@H](O[C@H]2CC[C@H](N(C)C)[C@@H](C)O2)[C@@H](C)C(=O)C2=C[C@@H]3[C@@H](C=C[C@@H]4C[C@@H](O[C@@H]5O[C@@H](C)C[C@@H](OC)[C@H]5OC)C[C@@H]34)[C@@H]2CC(=O)O1. The third-order valence-electron chi connectivity index (χ3n) is 12.8. The quantitative estimate of drug-likeness (QED) is 0.226. The lowest BCUT2D eigenvalue weighted by Gasteiger charge is -2.40. The van der Waals surface area contributed by atoms with Crippen molar-refractivity contribution in [2.75, 3.05) is 28.3 Å². The van der Waals surface area contributed by atoms with Crippen LogP contribution in [-0.4, -0.2) is 106 Å². The summed E-state index contributed by atoms with van der Waals surface area (Å²) in [6.07, 6.45) is 12.8. The van der Waals surface area contributed by atoms with Gasteiger partial charge >= 0.3 is 5.97 Å². The number of allylic oxidation sites excluding steroid dienone is 4. The van der Waals surface area contributed by atoms with Crippen LogP contribution in [0.1, 0.15) is 91.9 Å². The lowest BCUT2D eigenvalue weighted by Crippen LogP contribution is -2.51. The molecular weight excluding hydrogens is 638 g/mol. The molecule has 3 saturated heterocycles. The zero-order valence-electron chi connectivity index (χ0n) is 31.7. The second-order valence-electron chi connectivity index (χ2n) is 16.2. The number of hydrogen-bond donors (Lipinski definition) is 0. The molecule has 0 aromatic carbocycles. The molecule has 10 heteroatoms. The van der Waals surface area contributed by atoms with Gasteiger partial charge in [-0.25, -0.2) is 0 Å². The van der Waals surface area contributed by atoms with Gasteiger partial charge in [-0.05, 0) is 109 Å². The molecule has 0 aromatic rings. The topological polar surface area (TPSA) is 102 Å². The van der Waals surface area contributed by atoms with Crippen molar-refractivity contribution < 1.29 is 42.7 Å². The molecule has 3 aliphatic heterocycles. The summed E-state index contributed by atoms with van der Waals surface area (Å²) >= 11 is 0. The number of ether oxygens (including phenoxy) is 7. The fourth-order valence-electron chi connectivity index (χ4n) is 10.1. The summed E-state index contributed by atoms with van der Waals surface area (Å²) in [5.74, 6) is 0.179. The maximum absolute atomic E-state index is 14.6. The number of fused-ring (bicyclic) bond motifs is 5. The van der Waals surface area contributed by atoms with E-state index >= 15 is 0 Å². The van der Waals surface area contributed by atoms with Crippen molar-refractivity contribution in [3.8, 4) is 0 Å². The van der Waals surface area contributed by atoms with Crippen molar-refractivity contribution in [3.05, 3.63) is 23.8 Å². The van der Waals surface area contributed by atoms with Crippen LogP contribution < -0.4 is 0 Å². The number of likely N-dealkylation sites (N-methyl/N-ethyl adjacent to an activating group) is 1. The predicted octanol–water partition coefficient (Wildman–Crippen LogP) is 5.86. The molecule has 3 heterocycles. The van der Waals surface area contributed by atoms with Gasteiger partial charge in [-0.15, -0.1) is 0 Å². The van der Waals surface area contributed by atoms with Gasteiger partial charge in [0.15, 0.2) is 18.4 Å². The minimum Gasteiger partial charge on any atom is -0.462 e. The first-order chi connectivity index (χ1) is 24.0. The van der Waals surface area contributed by atoms with Crippen LogP contribution in [0.15, 0.2) is 23.8 Å². The van der Waals surface area contributed by atoms with E-state index in [0.29, 0.717) is 17.9 Å². The van der Waals surface area contributed by atoms with Crippen LogP contribution in [0.3, 0.4) is 0 Å². The molecule has 0 amide bonds. The fraction of sp³-hybridized carbons (Fsp3) is 0.850. The molecule has 0 N–H and O–H groups in total. The molecule has 0 radical (unpaired) electrons. The van der Waals surface area contributed by atoms with Crippen molar-refractivity contribution in [3.63, 3.8) is 0 Å². The first-order valence-corrected chi connectivity index (χ1v) is 19.5. The smallest absolute Gasteiger partial charge is 0.306 e. The summed E-state index contributed by atoms with van der Waals surface area (Å²) in [7, 11) is 7.58. The minimum atomic E-state index is -0.499. The lowest BCUT2D eigenvalue weighted by molar-refractivity contribution is -0.285. The van der Waals surface area contributed by atoms with E-state index in [0.717, 1.165) is 63.4 Å². The van der Waals surface area contributed by atoms with Crippen LogP contribution in [0.2, 0.25) is 0 Å². The molecular formula is C40H63NO9. The highest BCUT2D eigenvalue weighted by molar-refractivity contribution is 5.99. The Morgan fingerprint density at radius 2 is 1.68 bits per heavy atom. The van der Waals surface area contributed by atoms with Crippen molar-refractivity contribution in [1.82, 2.24) is 4.90 Å². The molecule has 0 aromatic heterocycles. The Hall–Kier alpha value is -1.66. The number of methoxy groups -OCH3 is 2. The first kappa shape index (κ1) is 38.1. The highest BCUT2D eigenvalue weighted by Gasteiger charge is 2.51. The van der Waals surface area contributed by atoms with Crippen LogP contribution in [-0.2, 0) is 42.7 Å². The standard InChI is InChI=1S/C40H63NO9/c1-9-26-11-10-12-34(50-37-16-15-33(41(5)6)24(4)47-37)23(3)38(43)32-20-30-28(31(32)21-36(42)48-26)14-13-25-18-27(19-29(25)30)49-40-39(45-8)35(44-7)17-22(2)46-40/h13-14,20,22-31,33-35,37,39-40H,9-12,15-19,21H2,1-8H3/t22-,23+,24+,25+,26-,27+,28+,29+,30+,31-,33-,34-,35+,37-,39+,40-/m0/s1. The van der Waals surface area contributed by atoms with Crippen molar-refractivity contribution >= 4 is 11.8 Å². The van der Waals surface area contributed by atoms with Crippen molar-refractivity contribution in [2.45, 2.75) is 153 Å². The van der Waals surface area contributed by atoms with Gasteiger partial charge < -0.3 is 38.1 Å². The van der Waals surface area contributed by atoms with Gasteiger partial charge in [-0.3, -0.25) is 9.59 Å². The van der Waals surface area contributed by atoms with Gasteiger partial charge in [0.2, 0.25) is 0 Å². The van der Waals surface area contributed by atoms with Gasteiger partial charge in [0.25, 0.3) is 0 Å². The number of ketones is 1. The van der Waals surface area contributed by atoms with E-state index in [1.807, 2.05) is 13.8 Å². The fourth-order valence-corrected chi connectivity index (χ4v) is 10.1. The van der Waals surface area contributed by atoms with Crippen LogP contribution >= 0.6 is 0 Å². The van der Waals surface area contributed by atoms with Crippen molar-refractivity contribution in [2.24, 2.45) is 35.5 Å². The Labute approximate surface area is 299 Å². The summed E-state index contributed by atoms with van der Waals surface area (Å²) in [5, 5.41) is 0. The molecule has 0 bridgehead atoms. The van der Waals surface area contributed by atoms with Gasteiger partial charge in [-0.2, -0.15) is 0 Å². The zero-order valence-corrected chi connectivity index (χ0v) is 31.7. The largest absolute Gasteiger partial charge is 0.462 e. The highest BCUT2D eigenvalue weighted by atomic mass is 16.7. The number of cyclic esters (lactones) is 1. The van der Waals surface area contributed by atoms with E-state index in [9.17, 15) is 9.59 Å². The maximum Gasteiger partial charge on any atom is 0.306 e. The number of esters is 1. The molecule has 16 atom stereocenters. The third kappa shape index (κ3) is 8.12. The van der Waals surface area contributed by atoms with E-state index in [4.69, 9.17) is 33.2 Å². The van der Waals surface area contributed by atoms with E-state index in [2.05, 4.69) is 51.1 Å². The lowest BCUT2D eigenvalue weighted by atomic mass is 9.70.